The van der Waals surface area contributed by atoms with E-state index in [4.69, 9.17) is 0 Å². The lowest BCUT2D eigenvalue weighted by Gasteiger charge is -2.17. The first-order valence-electron chi connectivity index (χ1n) is 9.38. The summed E-state index contributed by atoms with van der Waals surface area (Å²) >= 11 is 0. The third kappa shape index (κ3) is 3.43. The number of hydrogen-bond acceptors (Lipinski definition) is 3. The number of anilines is 1. The topological polar surface area (TPSA) is 66.5 Å². The Labute approximate surface area is 169 Å². The van der Waals surface area contributed by atoms with Gasteiger partial charge in [0.25, 0.3) is 17.7 Å². The van der Waals surface area contributed by atoms with Crippen LogP contribution in [0, 0.1) is 13.8 Å². The highest BCUT2D eigenvalue weighted by Gasteiger charge is 2.37. The van der Waals surface area contributed by atoms with Gasteiger partial charge in [-0.15, -0.1) is 0 Å². The maximum absolute atomic E-state index is 13.0. The van der Waals surface area contributed by atoms with Gasteiger partial charge in [-0.25, -0.2) is 4.90 Å². The SMILES string of the molecule is Cc1ccc(C)c(N2C(=O)c3ccc(C(=O)NCc4ccccc4)cc3C2=O)c1. The zero-order valence-electron chi connectivity index (χ0n) is 16.2. The molecule has 29 heavy (non-hydrogen) atoms. The molecule has 0 unspecified atom stereocenters. The van der Waals surface area contributed by atoms with E-state index in [1.54, 1.807) is 12.1 Å². The Balaban J connectivity index is 1.60. The van der Waals surface area contributed by atoms with Gasteiger partial charge in [-0.3, -0.25) is 14.4 Å². The van der Waals surface area contributed by atoms with Crippen LogP contribution in [0.1, 0.15) is 47.8 Å². The van der Waals surface area contributed by atoms with Crippen molar-refractivity contribution in [1.82, 2.24) is 5.32 Å². The van der Waals surface area contributed by atoms with Crippen molar-refractivity contribution in [2.24, 2.45) is 0 Å². The first-order chi connectivity index (χ1) is 14.0. The van der Waals surface area contributed by atoms with Gasteiger partial charge < -0.3 is 5.32 Å². The number of rotatable bonds is 4. The van der Waals surface area contributed by atoms with Gasteiger partial charge in [-0.2, -0.15) is 0 Å². The number of aryl methyl sites for hydroxylation is 2. The zero-order valence-corrected chi connectivity index (χ0v) is 16.2. The molecule has 0 saturated heterocycles. The van der Waals surface area contributed by atoms with E-state index in [2.05, 4.69) is 5.32 Å². The largest absolute Gasteiger partial charge is 0.348 e. The van der Waals surface area contributed by atoms with Crippen molar-refractivity contribution < 1.29 is 14.4 Å². The standard InChI is InChI=1S/C24H20N2O3/c1-15-8-9-16(2)21(12-15)26-23(28)19-11-10-18(13-20(19)24(26)29)22(27)25-14-17-6-4-3-5-7-17/h3-13H,14H2,1-2H3,(H,25,27). The molecule has 3 aromatic carbocycles. The lowest BCUT2D eigenvalue weighted by atomic mass is 10.1. The molecule has 1 heterocycles. The number of fused-ring (bicyclic) bond motifs is 1. The van der Waals surface area contributed by atoms with Crippen LogP contribution >= 0.6 is 0 Å². The van der Waals surface area contributed by atoms with Gasteiger partial charge >= 0.3 is 0 Å². The maximum Gasteiger partial charge on any atom is 0.266 e. The summed E-state index contributed by atoms with van der Waals surface area (Å²) in [5, 5.41) is 2.84. The lowest BCUT2D eigenvalue weighted by molar-refractivity contribution is 0.0923. The molecule has 3 amide bonds. The fourth-order valence-electron chi connectivity index (χ4n) is 3.44. The molecule has 0 spiro atoms. The molecular weight excluding hydrogens is 364 g/mol. The molecule has 4 rings (SSSR count). The van der Waals surface area contributed by atoms with E-state index in [1.165, 1.54) is 11.0 Å². The summed E-state index contributed by atoms with van der Waals surface area (Å²) in [6.07, 6.45) is 0. The third-order valence-corrected chi connectivity index (χ3v) is 5.05. The normalized spacial score (nSPS) is 12.8. The van der Waals surface area contributed by atoms with Gasteiger partial charge in [-0.05, 0) is 54.8 Å². The molecule has 3 aromatic rings. The van der Waals surface area contributed by atoms with Crippen molar-refractivity contribution in [2.75, 3.05) is 4.90 Å². The van der Waals surface area contributed by atoms with Crippen LogP contribution in [0.25, 0.3) is 0 Å². The van der Waals surface area contributed by atoms with Gasteiger partial charge in [0.2, 0.25) is 0 Å². The van der Waals surface area contributed by atoms with Crippen LogP contribution in [0.2, 0.25) is 0 Å². The molecule has 0 aromatic heterocycles. The number of hydrogen-bond donors (Lipinski definition) is 1. The summed E-state index contributed by atoms with van der Waals surface area (Å²) < 4.78 is 0. The summed E-state index contributed by atoms with van der Waals surface area (Å²) in [4.78, 5) is 39.6. The fraction of sp³-hybridized carbons (Fsp3) is 0.125. The highest BCUT2D eigenvalue weighted by atomic mass is 16.2. The van der Waals surface area contributed by atoms with Crippen molar-refractivity contribution in [1.29, 1.82) is 0 Å². The summed E-state index contributed by atoms with van der Waals surface area (Å²) in [6, 6.07) is 19.9. The van der Waals surface area contributed by atoms with Gasteiger partial charge in [0.05, 0.1) is 16.8 Å². The average molecular weight is 384 g/mol. The summed E-state index contributed by atoms with van der Waals surface area (Å²) in [5.74, 6) is -1.06. The molecule has 1 aliphatic rings. The predicted molar refractivity (Wildman–Crippen MR) is 111 cm³/mol. The molecule has 144 valence electrons. The average Bonchev–Trinajstić information content (AvgIpc) is 2.98. The number of carbonyl (C=O) groups is 3. The van der Waals surface area contributed by atoms with Crippen LogP contribution in [0.3, 0.4) is 0 Å². The highest BCUT2D eigenvalue weighted by Crippen LogP contribution is 2.31. The Morgan fingerprint density at radius 2 is 1.59 bits per heavy atom. The van der Waals surface area contributed by atoms with Crippen LogP contribution < -0.4 is 10.2 Å². The minimum absolute atomic E-state index is 0.253. The molecular formula is C24H20N2O3. The van der Waals surface area contributed by atoms with Crippen LogP contribution in [0.4, 0.5) is 5.69 Å². The summed E-state index contributed by atoms with van der Waals surface area (Å²) in [7, 11) is 0. The van der Waals surface area contributed by atoms with Crippen molar-refractivity contribution in [3.63, 3.8) is 0 Å². The number of nitrogens with zero attached hydrogens (tertiary/aromatic N) is 1. The zero-order chi connectivity index (χ0) is 20.5. The molecule has 0 bridgehead atoms. The Bertz CT molecular complexity index is 1140. The van der Waals surface area contributed by atoms with E-state index in [0.29, 0.717) is 23.4 Å². The molecule has 0 radical (unpaired) electrons. The fourth-order valence-corrected chi connectivity index (χ4v) is 3.44. The Kier molecular flexibility index (Phi) is 4.72. The van der Waals surface area contributed by atoms with Crippen molar-refractivity contribution in [3.05, 3.63) is 100 Å². The monoisotopic (exact) mass is 384 g/mol. The Morgan fingerprint density at radius 1 is 0.862 bits per heavy atom. The van der Waals surface area contributed by atoms with E-state index in [1.807, 2.05) is 62.4 Å². The number of imide groups is 1. The quantitative estimate of drug-likeness (QED) is 0.691. The minimum atomic E-state index is -0.406. The first kappa shape index (κ1) is 18.6. The van der Waals surface area contributed by atoms with Crippen LogP contribution in [0.15, 0.2) is 66.7 Å². The lowest BCUT2D eigenvalue weighted by Crippen LogP contribution is -2.30. The predicted octanol–water partition coefficient (Wildman–Crippen LogP) is 4.03. The number of nitrogens with one attached hydrogen (secondary N) is 1. The molecule has 0 atom stereocenters. The van der Waals surface area contributed by atoms with Gasteiger partial charge in [0, 0.05) is 12.1 Å². The Hall–Kier alpha value is -3.73. The van der Waals surface area contributed by atoms with E-state index in [0.717, 1.165) is 16.7 Å². The molecule has 0 aliphatic carbocycles. The second kappa shape index (κ2) is 7.36. The molecule has 1 aliphatic heterocycles. The summed E-state index contributed by atoms with van der Waals surface area (Å²) in [5.41, 5.74) is 4.28. The van der Waals surface area contributed by atoms with Crippen LogP contribution in [-0.2, 0) is 6.54 Å². The van der Waals surface area contributed by atoms with E-state index >= 15 is 0 Å². The van der Waals surface area contributed by atoms with Crippen molar-refractivity contribution in [3.8, 4) is 0 Å². The molecule has 0 fully saturated rings. The molecule has 0 saturated carbocycles. The van der Waals surface area contributed by atoms with E-state index in [9.17, 15) is 14.4 Å². The van der Waals surface area contributed by atoms with Crippen LogP contribution in [-0.4, -0.2) is 17.7 Å². The first-order valence-corrected chi connectivity index (χ1v) is 9.38. The number of carbonyl (C=O) groups excluding carboxylic acids is 3. The number of amides is 3. The third-order valence-electron chi connectivity index (χ3n) is 5.05. The van der Waals surface area contributed by atoms with Gasteiger partial charge in [0.15, 0.2) is 0 Å². The van der Waals surface area contributed by atoms with Crippen LogP contribution in [0.5, 0.6) is 0 Å². The smallest absolute Gasteiger partial charge is 0.266 e. The van der Waals surface area contributed by atoms with E-state index < -0.39 is 5.91 Å². The molecule has 1 N–H and O–H groups in total. The second-order valence-electron chi connectivity index (χ2n) is 7.16. The van der Waals surface area contributed by atoms with Crippen molar-refractivity contribution in [2.45, 2.75) is 20.4 Å². The maximum atomic E-state index is 13.0. The molecule has 5 nitrogen and oxygen atoms in total. The summed E-state index contributed by atoms with van der Waals surface area (Å²) in [6.45, 7) is 4.16. The van der Waals surface area contributed by atoms with Gasteiger partial charge in [0.1, 0.15) is 0 Å². The highest BCUT2D eigenvalue weighted by molar-refractivity contribution is 6.35. The Morgan fingerprint density at radius 3 is 2.34 bits per heavy atom. The minimum Gasteiger partial charge on any atom is -0.348 e. The number of benzene rings is 3. The van der Waals surface area contributed by atoms with Crippen molar-refractivity contribution >= 4 is 23.4 Å². The van der Waals surface area contributed by atoms with Gasteiger partial charge in [-0.1, -0.05) is 42.5 Å². The van der Waals surface area contributed by atoms with E-state index in [-0.39, 0.29) is 17.4 Å². The molecule has 5 heteroatoms. The second-order valence-corrected chi connectivity index (χ2v) is 7.16.